The molecule has 20 heavy (non-hydrogen) atoms. The molecule has 0 aromatic heterocycles. The summed E-state index contributed by atoms with van der Waals surface area (Å²) < 4.78 is 0. The first-order chi connectivity index (χ1) is 9.70. The first-order valence-electron chi connectivity index (χ1n) is 7.08. The van der Waals surface area contributed by atoms with Crippen LogP contribution in [0, 0.1) is 0 Å². The highest BCUT2D eigenvalue weighted by Crippen LogP contribution is 2.11. The van der Waals surface area contributed by atoms with Gasteiger partial charge in [-0.25, -0.2) is 0 Å². The molecule has 2 rings (SSSR count). The van der Waals surface area contributed by atoms with Crippen molar-refractivity contribution in [2.45, 2.75) is 0 Å². The average molecular weight is 277 g/mol. The molecule has 1 aromatic rings. The van der Waals surface area contributed by atoms with Gasteiger partial charge in [-0.05, 0) is 12.1 Å². The molecule has 1 heterocycles. The summed E-state index contributed by atoms with van der Waals surface area (Å²) in [6.07, 6.45) is 0. The first kappa shape index (κ1) is 14.8. The van der Waals surface area contributed by atoms with Crippen molar-refractivity contribution in [3.63, 3.8) is 0 Å². The molecule has 1 aliphatic heterocycles. The normalized spacial score (nSPS) is 16.2. The molecule has 1 aromatic carbocycles. The molecule has 1 amide bonds. The lowest BCUT2D eigenvalue weighted by atomic mass is 10.3. The van der Waals surface area contributed by atoms with E-state index in [1.54, 1.807) is 4.90 Å². The Morgan fingerprint density at radius 3 is 2.45 bits per heavy atom. The average Bonchev–Trinajstić information content (AvgIpc) is 2.53. The van der Waals surface area contributed by atoms with Gasteiger partial charge >= 0.3 is 0 Å². The highest BCUT2D eigenvalue weighted by atomic mass is 16.3. The summed E-state index contributed by atoms with van der Waals surface area (Å²) in [5.74, 6) is -0.161. The third-order valence-corrected chi connectivity index (χ3v) is 3.81. The van der Waals surface area contributed by atoms with E-state index < -0.39 is 0 Å². The van der Waals surface area contributed by atoms with Gasteiger partial charge in [0.2, 0.25) is 5.91 Å². The number of likely N-dealkylation sites (N-methyl/N-ethyl adjacent to an activating group) is 1. The summed E-state index contributed by atoms with van der Waals surface area (Å²) in [5, 5.41) is 8.84. The molecule has 5 nitrogen and oxygen atoms in total. The van der Waals surface area contributed by atoms with E-state index in [0.29, 0.717) is 13.1 Å². The van der Waals surface area contributed by atoms with Crippen LogP contribution in [-0.2, 0) is 4.79 Å². The van der Waals surface area contributed by atoms with Crippen molar-refractivity contribution in [1.82, 2.24) is 9.80 Å². The van der Waals surface area contributed by atoms with Crippen LogP contribution in [0.2, 0.25) is 0 Å². The molecular weight excluding hydrogens is 254 g/mol. The summed E-state index contributed by atoms with van der Waals surface area (Å²) in [7, 11) is 2.10. The number of hydrogen-bond acceptors (Lipinski definition) is 4. The van der Waals surface area contributed by atoms with Crippen LogP contribution in [0.5, 0.6) is 0 Å². The van der Waals surface area contributed by atoms with E-state index in [1.165, 1.54) is 5.69 Å². The van der Waals surface area contributed by atoms with Gasteiger partial charge in [0.15, 0.2) is 0 Å². The van der Waals surface area contributed by atoms with Crippen LogP contribution >= 0.6 is 0 Å². The number of aliphatic hydroxyl groups excluding tert-OH is 1. The van der Waals surface area contributed by atoms with Gasteiger partial charge in [0.05, 0.1) is 0 Å². The van der Waals surface area contributed by atoms with E-state index >= 15 is 0 Å². The second kappa shape index (κ2) is 7.26. The van der Waals surface area contributed by atoms with E-state index in [1.807, 2.05) is 18.2 Å². The standard InChI is InChI=1S/C15H23N3O2/c1-16(14-5-3-2-4-6-14)7-8-17-9-11-18(12-10-17)15(20)13-19/h2-6,19H,7-13H2,1H3. The smallest absolute Gasteiger partial charge is 0.248 e. The summed E-state index contributed by atoms with van der Waals surface area (Å²) in [4.78, 5) is 17.7. The van der Waals surface area contributed by atoms with Crippen LogP contribution in [0.3, 0.4) is 0 Å². The van der Waals surface area contributed by atoms with E-state index in [-0.39, 0.29) is 12.5 Å². The summed E-state index contributed by atoms with van der Waals surface area (Å²) in [6.45, 7) is 4.78. The SMILES string of the molecule is CN(CCN1CCN(C(=O)CO)CC1)c1ccccc1. The number of amides is 1. The number of piperazine rings is 1. The predicted octanol–water partition coefficient (Wildman–Crippen LogP) is 0.259. The minimum absolute atomic E-state index is 0.161. The quantitative estimate of drug-likeness (QED) is 0.839. The lowest BCUT2D eigenvalue weighted by molar-refractivity contribution is -0.135. The number of aliphatic hydroxyl groups is 1. The van der Waals surface area contributed by atoms with E-state index in [4.69, 9.17) is 5.11 Å². The highest BCUT2D eigenvalue weighted by Gasteiger charge is 2.20. The van der Waals surface area contributed by atoms with Crippen molar-refractivity contribution in [1.29, 1.82) is 0 Å². The summed E-state index contributed by atoms with van der Waals surface area (Å²) in [6, 6.07) is 10.3. The number of nitrogens with zero attached hydrogens (tertiary/aromatic N) is 3. The number of carbonyl (C=O) groups excluding carboxylic acids is 1. The molecule has 1 aliphatic rings. The van der Waals surface area contributed by atoms with Crippen LogP contribution in [0.4, 0.5) is 5.69 Å². The maximum absolute atomic E-state index is 11.4. The molecule has 1 N–H and O–H groups in total. The Labute approximate surface area is 120 Å². The fraction of sp³-hybridized carbons (Fsp3) is 0.533. The van der Waals surface area contributed by atoms with Crippen molar-refractivity contribution in [3.05, 3.63) is 30.3 Å². The molecule has 0 atom stereocenters. The van der Waals surface area contributed by atoms with Crippen LogP contribution in [0.1, 0.15) is 0 Å². The van der Waals surface area contributed by atoms with E-state index in [0.717, 1.165) is 26.2 Å². The minimum atomic E-state index is -0.378. The third-order valence-electron chi connectivity index (χ3n) is 3.81. The Hall–Kier alpha value is -1.59. The molecule has 1 fully saturated rings. The number of hydrogen-bond donors (Lipinski definition) is 1. The van der Waals surface area contributed by atoms with Gasteiger partial charge < -0.3 is 14.9 Å². The molecular formula is C15H23N3O2. The zero-order chi connectivity index (χ0) is 14.4. The van der Waals surface area contributed by atoms with Crippen molar-refractivity contribution >= 4 is 11.6 Å². The fourth-order valence-corrected chi connectivity index (χ4v) is 2.42. The predicted molar refractivity (Wildman–Crippen MR) is 79.8 cm³/mol. The Balaban J connectivity index is 1.72. The molecule has 0 bridgehead atoms. The van der Waals surface area contributed by atoms with E-state index in [9.17, 15) is 4.79 Å². The Bertz CT molecular complexity index is 416. The molecule has 0 unspecified atom stereocenters. The second-order valence-corrected chi connectivity index (χ2v) is 5.14. The molecule has 0 aliphatic carbocycles. The van der Waals surface area contributed by atoms with Crippen molar-refractivity contribution in [2.24, 2.45) is 0 Å². The van der Waals surface area contributed by atoms with Gasteiger partial charge in [0.1, 0.15) is 6.61 Å². The topological polar surface area (TPSA) is 47.0 Å². The Morgan fingerprint density at radius 1 is 1.20 bits per heavy atom. The van der Waals surface area contributed by atoms with Gasteiger partial charge in [0.25, 0.3) is 0 Å². The monoisotopic (exact) mass is 277 g/mol. The highest BCUT2D eigenvalue weighted by molar-refractivity contribution is 5.77. The first-order valence-corrected chi connectivity index (χ1v) is 7.08. The van der Waals surface area contributed by atoms with Gasteiger partial charge in [-0.2, -0.15) is 0 Å². The number of anilines is 1. The second-order valence-electron chi connectivity index (χ2n) is 5.14. The maximum Gasteiger partial charge on any atom is 0.248 e. The van der Waals surface area contributed by atoms with Gasteiger partial charge in [-0.3, -0.25) is 9.69 Å². The Kier molecular flexibility index (Phi) is 5.38. The van der Waals surface area contributed by atoms with Crippen LogP contribution in [0.25, 0.3) is 0 Å². The third kappa shape index (κ3) is 3.95. The van der Waals surface area contributed by atoms with Crippen LogP contribution in [-0.4, -0.2) is 73.7 Å². The summed E-state index contributed by atoms with van der Waals surface area (Å²) in [5.41, 5.74) is 1.22. The zero-order valence-corrected chi connectivity index (χ0v) is 12.0. The maximum atomic E-state index is 11.4. The number of para-hydroxylation sites is 1. The van der Waals surface area contributed by atoms with Crippen LogP contribution < -0.4 is 4.90 Å². The van der Waals surface area contributed by atoms with Gasteiger partial charge in [-0.1, -0.05) is 18.2 Å². The lowest BCUT2D eigenvalue weighted by Gasteiger charge is -2.35. The number of carbonyl (C=O) groups is 1. The Morgan fingerprint density at radius 2 is 1.85 bits per heavy atom. The number of benzene rings is 1. The lowest BCUT2D eigenvalue weighted by Crippen LogP contribution is -2.50. The molecule has 1 saturated heterocycles. The largest absolute Gasteiger partial charge is 0.387 e. The fourth-order valence-electron chi connectivity index (χ4n) is 2.42. The van der Waals surface area contributed by atoms with Crippen molar-refractivity contribution in [3.8, 4) is 0 Å². The molecule has 110 valence electrons. The van der Waals surface area contributed by atoms with Crippen molar-refractivity contribution in [2.75, 3.05) is 57.8 Å². The molecule has 0 radical (unpaired) electrons. The molecule has 5 heteroatoms. The summed E-state index contributed by atoms with van der Waals surface area (Å²) >= 11 is 0. The zero-order valence-electron chi connectivity index (χ0n) is 12.0. The van der Waals surface area contributed by atoms with Gasteiger partial charge in [0, 0.05) is 52.0 Å². The number of rotatable bonds is 5. The van der Waals surface area contributed by atoms with Gasteiger partial charge in [-0.15, -0.1) is 0 Å². The van der Waals surface area contributed by atoms with Crippen molar-refractivity contribution < 1.29 is 9.90 Å². The van der Waals surface area contributed by atoms with E-state index in [2.05, 4.69) is 29.0 Å². The molecule has 0 saturated carbocycles. The van der Waals surface area contributed by atoms with Crippen LogP contribution in [0.15, 0.2) is 30.3 Å². The minimum Gasteiger partial charge on any atom is -0.387 e. The molecule has 0 spiro atoms.